The molecule has 0 spiro atoms. The molecule has 1 N–H and O–H groups in total. The molecule has 1 saturated heterocycles. The molecule has 3 rings (SSSR count). The highest BCUT2D eigenvalue weighted by molar-refractivity contribution is 6.03. The van der Waals surface area contributed by atoms with Crippen molar-refractivity contribution in [3.8, 4) is 17.0 Å². The van der Waals surface area contributed by atoms with E-state index in [2.05, 4.69) is 33.8 Å². The lowest BCUT2D eigenvalue weighted by atomic mass is 10.1. The second-order valence-corrected chi connectivity index (χ2v) is 5.77. The Kier molecular flexibility index (Phi) is 5.55. The van der Waals surface area contributed by atoms with Crippen molar-refractivity contribution in [1.29, 1.82) is 0 Å². The molecular weight excluding hydrogens is 349 g/mol. The number of amidine groups is 1. The average molecular weight is 367 g/mol. The van der Waals surface area contributed by atoms with Crippen LogP contribution in [0.4, 0.5) is 9.18 Å². The Bertz CT molecular complexity index is 876. The summed E-state index contributed by atoms with van der Waals surface area (Å²) < 4.78 is 19.5. The largest absolute Gasteiger partial charge is 0.471 e. The van der Waals surface area contributed by atoms with E-state index in [1.165, 1.54) is 12.1 Å². The molecule has 0 saturated carbocycles. The molecule has 8 heteroatoms. The fourth-order valence-electron chi connectivity index (χ4n) is 2.54. The molecule has 0 bridgehead atoms. The number of nitrogens with one attached hydrogen (secondary N) is 1. The van der Waals surface area contributed by atoms with E-state index in [0.717, 1.165) is 0 Å². The summed E-state index contributed by atoms with van der Waals surface area (Å²) >= 11 is 0. The van der Waals surface area contributed by atoms with Gasteiger partial charge in [-0.2, -0.15) is 5.10 Å². The Labute approximate surface area is 155 Å². The van der Waals surface area contributed by atoms with Gasteiger partial charge in [-0.05, 0) is 18.2 Å². The first kappa shape index (κ1) is 18.2. The van der Waals surface area contributed by atoms with E-state index in [9.17, 15) is 9.18 Å². The van der Waals surface area contributed by atoms with Gasteiger partial charge in [0.25, 0.3) is 0 Å². The molecule has 0 radical (unpaired) electrons. The van der Waals surface area contributed by atoms with Gasteiger partial charge in [-0.1, -0.05) is 24.8 Å². The van der Waals surface area contributed by atoms with Crippen LogP contribution in [0.2, 0.25) is 0 Å². The fraction of sp³-hybridized carbons (Fsp3) is 0.158. The monoisotopic (exact) mass is 367 g/mol. The molecular formula is C19H18FN5O2. The SMILES string of the molecule is C=C/C(=N\N=C)NC(=O)N1CC(Oc2ccc(-c3ccccc3F)cn2)C1. The van der Waals surface area contributed by atoms with Crippen LogP contribution in [0.1, 0.15) is 0 Å². The summed E-state index contributed by atoms with van der Waals surface area (Å²) in [5, 5.41) is 9.54. The number of halogens is 1. The molecule has 138 valence electrons. The van der Waals surface area contributed by atoms with Gasteiger partial charge >= 0.3 is 6.03 Å². The highest BCUT2D eigenvalue weighted by Crippen LogP contribution is 2.24. The lowest BCUT2D eigenvalue weighted by molar-refractivity contribution is 0.0430. The van der Waals surface area contributed by atoms with Crippen LogP contribution in [0.15, 0.2) is 65.5 Å². The lowest BCUT2D eigenvalue weighted by Crippen LogP contribution is -2.59. The van der Waals surface area contributed by atoms with Crippen molar-refractivity contribution in [3.63, 3.8) is 0 Å². The number of ether oxygens (including phenoxy) is 1. The predicted molar refractivity (Wildman–Crippen MR) is 101 cm³/mol. The third kappa shape index (κ3) is 4.35. The van der Waals surface area contributed by atoms with Gasteiger partial charge in [0.2, 0.25) is 5.88 Å². The van der Waals surface area contributed by atoms with Crippen LogP contribution in [-0.2, 0) is 0 Å². The van der Waals surface area contributed by atoms with Crippen LogP contribution in [0.25, 0.3) is 11.1 Å². The van der Waals surface area contributed by atoms with E-state index in [1.807, 2.05) is 0 Å². The van der Waals surface area contributed by atoms with Gasteiger partial charge in [0.05, 0.1) is 13.1 Å². The highest BCUT2D eigenvalue weighted by atomic mass is 19.1. The summed E-state index contributed by atoms with van der Waals surface area (Å²) in [5.41, 5.74) is 1.15. The van der Waals surface area contributed by atoms with E-state index in [4.69, 9.17) is 4.74 Å². The van der Waals surface area contributed by atoms with Gasteiger partial charge in [0, 0.05) is 30.1 Å². The lowest BCUT2D eigenvalue weighted by Gasteiger charge is -2.38. The number of rotatable bonds is 5. The Morgan fingerprint density at radius 1 is 1.33 bits per heavy atom. The van der Waals surface area contributed by atoms with Crippen molar-refractivity contribution < 1.29 is 13.9 Å². The van der Waals surface area contributed by atoms with Crippen molar-refractivity contribution >= 4 is 18.6 Å². The number of aromatic nitrogens is 1. The van der Waals surface area contributed by atoms with Gasteiger partial charge in [-0.15, -0.1) is 5.10 Å². The molecule has 2 aromatic rings. The number of amides is 2. The standard InChI is InChI=1S/C19H18FN5O2/c1-3-17(24-21-2)23-19(26)25-11-14(12-25)27-18-9-8-13(10-22-18)15-6-4-5-7-16(15)20/h3-10,14H,1-2,11-12H2,(H,23,24,26). The Hall–Kier alpha value is -3.55. The number of pyridine rings is 1. The average Bonchev–Trinajstić information content (AvgIpc) is 2.65. The summed E-state index contributed by atoms with van der Waals surface area (Å²) in [6.45, 7) is 7.58. The molecule has 27 heavy (non-hydrogen) atoms. The van der Waals surface area contributed by atoms with E-state index in [-0.39, 0.29) is 23.8 Å². The topological polar surface area (TPSA) is 79.2 Å². The zero-order chi connectivity index (χ0) is 19.2. The molecule has 1 aliphatic rings. The van der Waals surface area contributed by atoms with Crippen molar-refractivity contribution in [1.82, 2.24) is 15.2 Å². The number of hydrogen-bond donors (Lipinski definition) is 1. The molecule has 0 unspecified atom stereocenters. The zero-order valence-electron chi connectivity index (χ0n) is 14.5. The molecule has 1 aromatic carbocycles. The summed E-state index contributed by atoms with van der Waals surface area (Å²) in [4.78, 5) is 17.8. The first-order valence-electron chi connectivity index (χ1n) is 8.20. The van der Waals surface area contributed by atoms with Crippen LogP contribution in [0.5, 0.6) is 5.88 Å². The second-order valence-electron chi connectivity index (χ2n) is 5.77. The number of hydrogen-bond acceptors (Lipinski definition) is 5. The van der Waals surface area contributed by atoms with Crippen LogP contribution in [0.3, 0.4) is 0 Å². The van der Waals surface area contributed by atoms with Crippen LogP contribution in [-0.4, -0.2) is 47.7 Å². The van der Waals surface area contributed by atoms with E-state index >= 15 is 0 Å². The first-order valence-corrected chi connectivity index (χ1v) is 8.20. The summed E-state index contributed by atoms with van der Waals surface area (Å²) in [7, 11) is 0. The second kappa shape index (κ2) is 8.22. The number of nitrogens with zero attached hydrogens (tertiary/aromatic N) is 4. The number of benzene rings is 1. The maximum Gasteiger partial charge on any atom is 0.323 e. The quantitative estimate of drug-likeness (QED) is 0.501. The molecule has 2 heterocycles. The molecule has 2 amide bonds. The van der Waals surface area contributed by atoms with E-state index in [1.54, 1.807) is 41.4 Å². The Morgan fingerprint density at radius 2 is 2.11 bits per heavy atom. The van der Waals surface area contributed by atoms with Crippen LogP contribution < -0.4 is 10.1 Å². The number of urea groups is 1. The van der Waals surface area contributed by atoms with Gasteiger partial charge in [0.1, 0.15) is 11.9 Å². The minimum Gasteiger partial charge on any atom is -0.471 e. The van der Waals surface area contributed by atoms with Crippen LogP contribution in [0, 0.1) is 5.82 Å². The molecule has 1 aromatic heterocycles. The first-order chi connectivity index (χ1) is 13.1. The highest BCUT2D eigenvalue weighted by Gasteiger charge is 2.32. The maximum absolute atomic E-state index is 13.8. The molecule has 1 fully saturated rings. The fourth-order valence-corrected chi connectivity index (χ4v) is 2.54. The normalized spacial score (nSPS) is 14.3. The molecule has 7 nitrogen and oxygen atoms in total. The third-order valence-electron chi connectivity index (χ3n) is 3.95. The number of carbonyl (C=O) groups is 1. The molecule has 1 aliphatic heterocycles. The van der Waals surface area contributed by atoms with Crippen molar-refractivity contribution in [2.45, 2.75) is 6.10 Å². The zero-order valence-corrected chi connectivity index (χ0v) is 14.5. The van der Waals surface area contributed by atoms with Gasteiger partial charge in [-0.25, -0.2) is 14.2 Å². The summed E-state index contributed by atoms with van der Waals surface area (Å²) in [5.74, 6) is 0.344. The van der Waals surface area contributed by atoms with Crippen molar-refractivity contribution in [2.75, 3.05) is 13.1 Å². The molecule has 0 aliphatic carbocycles. The van der Waals surface area contributed by atoms with E-state index < -0.39 is 0 Å². The van der Waals surface area contributed by atoms with Crippen LogP contribution >= 0.6 is 0 Å². The van der Waals surface area contributed by atoms with Crippen molar-refractivity contribution in [3.05, 3.63) is 61.1 Å². The number of likely N-dealkylation sites (tertiary alicyclic amines) is 1. The van der Waals surface area contributed by atoms with Gasteiger partial charge in [-0.3, -0.25) is 5.32 Å². The Balaban J connectivity index is 1.52. The van der Waals surface area contributed by atoms with Gasteiger partial charge in [0.15, 0.2) is 5.84 Å². The van der Waals surface area contributed by atoms with Crippen molar-refractivity contribution in [2.24, 2.45) is 10.2 Å². The summed E-state index contributed by atoms with van der Waals surface area (Å²) in [6.07, 6.45) is 2.78. The third-order valence-corrected chi connectivity index (χ3v) is 3.95. The van der Waals surface area contributed by atoms with Gasteiger partial charge < -0.3 is 9.64 Å². The summed E-state index contributed by atoms with van der Waals surface area (Å²) in [6, 6.07) is 9.62. The minimum absolute atomic E-state index is 0.163. The Morgan fingerprint density at radius 3 is 2.74 bits per heavy atom. The molecule has 0 atom stereocenters. The minimum atomic E-state index is -0.319. The smallest absolute Gasteiger partial charge is 0.323 e. The number of carbonyl (C=O) groups excluding carboxylic acids is 1. The predicted octanol–water partition coefficient (Wildman–Crippen LogP) is 2.86. The van der Waals surface area contributed by atoms with E-state index in [0.29, 0.717) is 30.1 Å². The maximum atomic E-state index is 13.8.